The van der Waals surface area contributed by atoms with Gasteiger partial charge in [-0.3, -0.25) is 9.59 Å². The number of nitrogens with two attached hydrogens (primary N) is 1. The third-order valence-corrected chi connectivity index (χ3v) is 6.57. The van der Waals surface area contributed by atoms with Crippen LogP contribution < -0.4 is 5.73 Å². The van der Waals surface area contributed by atoms with Gasteiger partial charge in [0, 0.05) is 16.6 Å². The molecule has 1 saturated carbocycles. The van der Waals surface area contributed by atoms with Gasteiger partial charge in [-0.2, -0.15) is 0 Å². The molecule has 0 spiro atoms. The van der Waals surface area contributed by atoms with Crippen molar-refractivity contribution >= 4 is 34.9 Å². The molecule has 0 atom stereocenters. The first-order chi connectivity index (χ1) is 11.5. The SMILES string of the molecule is Cc1nc(SCC(=O)N(C2=CCCCC2)C2CC2)sc1CC(N)=O. The van der Waals surface area contributed by atoms with Crippen LogP contribution in [0.3, 0.4) is 0 Å². The minimum atomic E-state index is -0.349. The Labute approximate surface area is 150 Å². The summed E-state index contributed by atoms with van der Waals surface area (Å²) in [5, 5.41) is 0. The van der Waals surface area contributed by atoms with E-state index in [0.29, 0.717) is 11.8 Å². The molecule has 5 nitrogen and oxygen atoms in total. The summed E-state index contributed by atoms with van der Waals surface area (Å²) in [5.41, 5.74) is 7.31. The van der Waals surface area contributed by atoms with E-state index in [0.717, 1.165) is 40.6 Å². The molecule has 2 aliphatic rings. The summed E-state index contributed by atoms with van der Waals surface area (Å²) in [6.07, 6.45) is 9.21. The number of aromatic nitrogens is 1. The molecule has 130 valence electrons. The van der Waals surface area contributed by atoms with Crippen LogP contribution in [0.15, 0.2) is 16.1 Å². The van der Waals surface area contributed by atoms with Crippen molar-refractivity contribution in [1.29, 1.82) is 0 Å². The normalized spacial score (nSPS) is 17.5. The van der Waals surface area contributed by atoms with Crippen molar-refractivity contribution in [3.63, 3.8) is 0 Å². The standard InChI is InChI=1S/C17H23N3O2S2/c1-11-14(9-15(18)21)24-17(19-11)23-10-16(22)20(13-7-8-13)12-5-3-2-4-6-12/h5,13H,2-4,6-10H2,1H3,(H2,18,21). The first-order valence-electron chi connectivity index (χ1n) is 8.43. The van der Waals surface area contributed by atoms with E-state index in [4.69, 9.17) is 5.73 Å². The Morgan fingerprint density at radius 3 is 2.83 bits per heavy atom. The van der Waals surface area contributed by atoms with E-state index in [-0.39, 0.29) is 18.2 Å². The van der Waals surface area contributed by atoms with E-state index in [1.807, 2.05) is 11.8 Å². The van der Waals surface area contributed by atoms with Crippen molar-refractivity contribution in [2.75, 3.05) is 5.75 Å². The van der Waals surface area contributed by atoms with E-state index in [9.17, 15) is 9.59 Å². The number of amides is 2. The summed E-state index contributed by atoms with van der Waals surface area (Å²) in [6.45, 7) is 1.88. The van der Waals surface area contributed by atoms with Crippen molar-refractivity contribution in [3.8, 4) is 0 Å². The van der Waals surface area contributed by atoms with E-state index in [2.05, 4.69) is 11.1 Å². The molecular weight excluding hydrogens is 342 g/mol. The third-order valence-electron chi connectivity index (χ3n) is 4.28. The Kier molecular flexibility index (Phi) is 5.61. The van der Waals surface area contributed by atoms with E-state index >= 15 is 0 Å². The number of carbonyl (C=O) groups excluding carboxylic acids is 2. The molecule has 0 unspecified atom stereocenters. The maximum Gasteiger partial charge on any atom is 0.237 e. The number of hydrogen-bond donors (Lipinski definition) is 1. The zero-order valence-electron chi connectivity index (χ0n) is 13.9. The lowest BCUT2D eigenvalue weighted by molar-refractivity contribution is -0.127. The number of aryl methyl sites for hydroxylation is 1. The number of carbonyl (C=O) groups is 2. The molecule has 1 aromatic rings. The Morgan fingerprint density at radius 2 is 2.21 bits per heavy atom. The van der Waals surface area contributed by atoms with Crippen LogP contribution in [-0.4, -0.2) is 33.5 Å². The maximum atomic E-state index is 12.7. The predicted molar refractivity (Wildman–Crippen MR) is 96.9 cm³/mol. The van der Waals surface area contributed by atoms with Crippen molar-refractivity contribution in [1.82, 2.24) is 9.88 Å². The molecule has 7 heteroatoms. The molecule has 3 rings (SSSR count). The van der Waals surface area contributed by atoms with Gasteiger partial charge in [-0.25, -0.2) is 4.98 Å². The summed E-state index contributed by atoms with van der Waals surface area (Å²) in [7, 11) is 0. The minimum absolute atomic E-state index is 0.181. The first-order valence-corrected chi connectivity index (χ1v) is 10.2. The predicted octanol–water partition coefficient (Wildman–Crippen LogP) is 3.02. The van der Waals surface area contributed by atoms with Gasteiger partial charge >= 0.3 is 0 Å². The Morgan fingerprint density at radius 1 is 1.42 bits per heavy atom. The second-order valence-corrected chi connectivity index (χ2v) is 8.66. The Hall–Kier alpha value is -1.34. The second kappa shape index (κ2) is 7.70. The molecule has 0 saturated heterocycles. The quantitative estimate of drug-likeness (QED) is 0.754. The molecule has 0 radical (unpaired) electrons. The van der Waals surface area contributed by atoms with Gasteiger partial charge in [0.05, 0.1) is 17.9 Å². The zero-order valence-corrected chi connectivity index (χ0v) is 15.5. The topological polar surface area (TPSA) is 76.3 Å². The van der Waals surface area contributed by atoms with Gasteiger partial charge in [-0.1, -0.05) is 17.8 Å². The van der Waals surface area contributed by atoms with Crippen LogP contribution >= 0.6 is 23.1 Å². The van der Waals surface area contributed by atoms with Gasteiger partial charge < -0.3 is 10.6 Å². The fourth-order valence-electron chi connectivity index (χ4n) is 2.95. The Balaban J connectivity index is 1.61. The van der Waals surface area contributed by atoms with Gasteiger partial charge in [0.1, 0.15) is 0 Å². The van der Waals surface area contributed by atoms with Gasteiger partial charge in [0.15, 0.2) is 4.34 Å². The molecule has 1 aromatic heterocycles. The fraction of sp³-hybridized carbons (Fsp3) is 0.588. The number of primary amides is 1. The molecule has 0 aromatic carbocycles. The maximum absolute atomic E-state index is 12.7. The zero-order chi connectivity index (χ0) is 17.1. The van der Waals surface area contributed by atoms with E-state index in [1.165, 1.54) is 41.6 Å². The number of allylic oxidation sites excluding steroid dienone is 2. The molecule has 2 aliphatic carbocycles. The molecule has 0 aliphatic heterocycles. The van der Waals surface area contributed by atoms with Crippen LogP contribution in [0.2, 0.25) is 0 Å². The summed E-state index contributed by atoms with van der Waals surface area (Å²) in [6, 6.07) is 0.408. The van der Waals surface area contributed by atoms with Crippen LogP contribution in [-0.2, 0) is 16.0 Å². The minimum Gasteiger partial charge on any atom is -0.369 e. The highest BCUT2D eigenvalue weighted by Gasteiger charge is 2.35. The molecular formula is C17H23N3O2S2. The van der Waals surface area contributed by atoms with Crippen LogP contribution in [0.5, 0.6) is 0 Å². The molecule has 0 bridgehead atoms. The number of thioether (sulfide) groups is 1. The molecule has 1 heterocycles. The molecule has 2 amide bonds. The lowest BCUT2D eigenvalue weighted by atomic mass is 10.0. The fourth-order valence-corrected chi connectivity index (χ4v) is 5.05. The number of thiazole rings is 1. The average Bonchev–Trinajstić information content (AvgIpc) is 3.31. The number of rotatable bonds is 7. The lowest BCUT2D eigenvalue weighted by Crippen LogP contribution is -2.34. The number of hydrogen-bond acceptors (Lipinski definition) is 5. The third kappa shape index (κ3) is 4.39. The van der Waals surface area contributed by atoms with Crippen LogP contribution in [0.25, 0.3) is 0 Å². The second-order valence-electron chi connectivity index (χ2n) is 6.36. The van der Waals surface area contributed by atoms with Crippen molar-refractivity contribution in [2.45, 2.75) is 62.3 Å². The highest BCUT2D eigenvalue weighted by Crippen LogP contribution is 2.35. The van der Waals surface area contributed by atoms with Crippen LogP contribution in [0, 0.1) is 6.92 Å². The summed E-state index contributed by atoms with van der Waals surface area (Å²) < 4.78 is 0.838. The average molecular weight is 366 g/mol. The highest BCUT2D eigenvalue weighted by atomic mass is 32.2. The van der Waals surface area contributed by atoms with Gasteiger partial charge in [0.2, 0.25) is 11.8 Å². The number of nitrogens with zero attached hydrogens (tertiary/aromatic N) is 2. The van der Waals surface area contributed by atoms with Crippen molar-refractivity contribution in [3.05, 3.63) is 22.3 Å². The van der Waals surface area contributed by atoms with Crippen molar-refractivity contribution < 1.29 is 9.59 Å². The van der Waals surface area contributed by atoms with Gasteiger partial charge in [0.25, 0.3) is 0 Å². The highest BCUT2D eigenvalue weighted by molar-refractivity contribution is 8.01. The van der Waals surface area contributed by atoms with Crippen LogP contribution in [0.1, 0.15) is 49.1 Å². The Bertz CT molecular complexity index is 665. The summed E-state index contributed by atoms with van der Waals surface area (Å²) in [5.74, 6) is 0.232. The lowest BCUT2D eigenvalue weighted by Gasteiger charge is -2.27. The summed E-state index contributed by atoms with van der Waals surface area (Å²) >= 11 is 2.93. The monoisotopic (exact) mass is 365 g/mol. The molecule has 2 N–H and O–H groups in total. The molecule has 1 fully saturated rings. The molecule has 24 heavy (non-hydrogen) atoms. The van der Waals surface area contributed by atoms with E-state index < -0.39 is 0 Å². The van der Waals surface area contributed by atoms with Gasteiger partial charge in [-0.15, -0.1) is 11.3 Å². The largest absolute Gasteiger partial charge is 0.369 e. The first kappa shape index (κ1) is 17.5. The van der Waals surface area contributed by atoms with Crippen molar-refractivity contribution in [2.24, 2.45) is 5.73 Å². The van der Waals surface area contributed by atoms with E-state index in [1.54, 1.807) is 0 Å². The van der Waals surface area contributed by atoms with Crippen LogP contribution in [0.4, 0.5) is 0 Å². The smallest absolute Gasteiger partial charge is 0.237 e. The summed E-state index contributed by atoms with van der Waals surface area (Å²) in [4.78, 5) is 31.2. The van der Waals surface area contributed by atoms with Gasteiger partial charge in [-0.05, 0) is 45.4 Å².